The molecule has 2 aliphatic rings. The van der Waals surface area contributed by atoms with Gasteiger partial charge in [0.25, 0.3) is 0 Å². The van der Waals surface area contributed by atoms with Gasteiger partial charge in [-0.05, 0) is 31.6 Å². The van der Waals surface area contributed by atoms with Gasteiger partial charge in [0.1, 0.15) is 12.1 Å². The summed E-state index contributed by atoms with van der Waals surface area (Å²) in [6, 6.07) is 1.97. The molecule has 1 amide bonds. The number of carbonyl (C=O) groups is 1. The van der Waals surface area contributed by atoms with Crippen LogP contribution >= 0.6 is 0 Å². The van der Waals surface area contributed by atoms with Gasteiger partial charge in [-0.25, -0.2) is 4.79 Å². The average molecular weight is 330 g/mol. The van der Waals surface area contributed by atoms with Gasteiger partial charge in [0.05, 0.1) is 6.61 Å². The van der Waals surface area contributed by atoms with Gasteiger partial charge in [0.2, 0.25) is 0 Å². The minimum absolute atomic E-state index is 0.00652. The van der Waals surface area contributed by atoms with Crippen molar-refractivity contribution in [2.45, 2.75) is 38.5 Å². The SMILES string of the molecule is CC1(COc2cc3nncn3cc2C2CC2)CCN(C(=O)O)CC1. The van der Waals surface area contributed by atoms with E-state index in [1.165, 1.54) is 23.3 Å². The molecule has 1 N–H and O–H groups in total. The normalized spacial score (nSPS) is 20.3. The predicted molar refractivity (Wildman–Crippen MR) is 87.4 cm³/mol. The number of hydrogen-bond donors (Lipinski definition) is 1. The van der Waals surface area contributed by atoms with Crippen molar-refractivity contribution in [3.05, 3.63) is 24.2 Å². The molecule has 0 atom stereocenters. The number of piperidine rings is 1. The summed E-state index contributed by atoms with van der Waals surface area (Å²) in [5, 5.41) is 17.1. The van der Waals surface area contributed by atoms with Crippen LogP contribution in [0.25, 0.3) is 5.65 Å². The van der Waals surface area contributed by atoms with E-state index in [4.69, 9.17) is 9.84 Å². The lowest BCUT2D eigenvalue weighted by Gasteiger charge is -2.38. The third-order valence-corrected chi connectivity index (χ3v) is 5.26. The molecule has 7 nitrogen and oxygen atoms in total. The molecule has 4 rings (SSSR count). The Morgan fingerprint density at radius 1 is 1.42 bits per heavy atom. The molecule has 2 aromatic heterocycles. The number of pyridine rings is 1. The van der Waals surface area contributed by atoms with Crippen molar-refractivity contribution < 1.29 is 14.6 Å². The molecular formula is C17H22N4O3. The predicted octanol–water partition coefficient (Wildman–Crippen LogP) is 2.77. The molecule has 1 saturated carbocycles. The van der Waals surface area contributed by atoms with E-state index >= 15 is 0 Å². The Kier molecular flexibility index (Phi) is 3.58. The van der Waals surface area contributed by atoms with Gasteiger partial charge < -0.3 is 14.7 Å². The van der Waals surface area contributed by atoms with Gasteiger partial charge in [-0.2, -0.15) is 0 Å². The first kappa shape index (κ1) is 15.2. The van der Waals surface area contributed by atoms with Crippen LogP contribution in [0, 0.1) is 5.41 Å². The zero-order chi connectivity index (χ0) is 16.7. The number of aromatic nitrogens is 3. The number of hydrogen-bond acceptors (Lipinski definition) is 4. The second kappa shape index (κ2) is 5.65. The minimum atomic E-state index is -0.828. The van der Waals surface area contributed by atoms with E-state index in [1.54, 1.807) is 6.33 Å². The molecule has 0 unspecified atom stereocenters. The first-order chi connectivity index (χ1) is 11.5. The largest absolute Gasteiger partial charge is 0.493 e. The van der Waals surface area contributed by atoms with Crippen LogP contribution in [0.5, 0.6) is 5.75 Å². The van der Waals surface area contributed by atoms with Gasteiger partial charge in [-0.1, -0.05) is 6.92 Å². The van der Waals surface area contributed by atoms with Crippen LogP contribution in [0.2, 0.25) is 0 Å². The van der Waals surface area contributed by atoms with E-state index in [1.807, 2.05) is 10.5 Å². The van der Waals surface area contributed by atoms with Crippen LogP contribution in [-0.4, -0.2) is 50.4 Å². The highest BCUT2D eigenvalue weighted by Gasteiger charge is 2.34. The molecule has 1 saturated heterocycles. The zero-order valence-electron chi connectivity index (χ0n) is 13.8. The third kappa shape index (κ3) is 2.90. The first-order valence-electron chi connectivity index (χ1n) is 8.48. The molecule has 0 radical (unpaired) electrons. The van der Waals surface area contributed by atoms with Crippen LogP contribution in [0.1, 0.15) is 44.1 Å². The Morgan fingerprint density at radius 2 is 2.17 bits per heavy atom. The topological polar surface area (TPSA) is 80.0 Å². The van der Waals surface area contributed by atoms with Crippen LogP contribution in [0.3, 0.4) is 0 Å². The van der Waals surface area contributed by atoms with Crippen LogP contribution in [-0.2, 0) is 0 Å². The molecule has 24 heavy (non-hydrogen) atoms. The number of ether oxygens (including phenoxy) is 1. The quantitative estimate of drug-likeness (QED) is 0.932. The Bertz CT molecular complexity index is 760. The van der Waals surface area contributed by atoms with Crippen molar-refractivity contribution in [1.29, 1.82) is 0 Å². The molecule has 128 valence electrons. The second-order valence-corrected chi connectivity index (χ2v) is 7.33. The van der Waals surface area contributed by atoms with Gasteiger partial charge in [0.15, 0.2) is 5.65 Å². The number of carboxylic acid groups (broad SMARTS) is 1. The van der Waals surface area contributed by atoms with Crippen LogP contribution in [0.15, 0.2) is 18.6 Å². The Labute approximate surface area is 140 Å². The van der Waals surface area contributed by atoms with Crippen molar-refractivity contribution >= 4 is 11.7 Å². The number of fused-ring (bicyclic) bond motifs is 1. The van der Waals surface area contributed by atoms with Crippen molar-refractivity contribution in [2.24, 2.45) is 5.41 Å². The summed E-state index contributed by atoms with van der Waals surface area (Å²) >= 11 is 0. The zero-order valence-corrected chi connectivity index (χ0v) is 13.8. The van der Waals surface area contributed by atoms with E-state index in [0.717, 1.165) is 24.2 Å². The molecule has 0 bridgehead atoms. The molecule has 0 spiro atoms. The molecule has 2 fully saturated rings. The number of likely N-dealkylation sites (tertiary alicyclic amines) is 1. The van der Waals surface area contributed by atoms with Gasteiger partial charge in [-0.15, -0.1) is 10.2 Å². The Hall–Kier alpha value is -2.31. The van der Waals surface area contributed by atoms with Crippen molar-refractivity contribution in [3.8, 4) is 5.75 Å². The fraction of sp³-hybridized carbons (Fsp3) is 0.588. The first-order valence-corrected chi connectivity index (χ1v) is 8.48. The van der Waals surface area contributed by atoms with E-state index < -0.39 is 6.09 Å². The smallest absolute Gasteiger partial charge is 0.407 e. The monoisotopic (exact) mass is 330 g/mol. The summed E-state index contributed by atoms with van der Waals surface area (Å²) in [5.41, 5.74) is 2.03. The molecule has 3 heterocycles. The molecule has 2 aromatic rings. The third-order valence-electron chi connectivity index (χ3n) is 5.26. The highest BCUT2D eigenvalue weighted by Crippen LogP contribution is 2.45. The van der Waals surface area contributed by atoms with Gasteiger partial charge in [-0.3, -0.25) is 4.40 Å². The lowest BCUT2D eigenvalue weighted by molar-refractivity contribution is 0.0653. The minimum Gasteiger partial charge on any atom is -0.493 e. The Morgan fingerprint density at radius 3 is 2.83 bits per heavy atom. The fourth-order valence-corrected chi connectivity index (χ4v) is 3.33. The summed E-state index contributed by atoms with van der Waals surface area (Å²) in [6.07, 6.45) is 7.03. The fourth-order valence-electron chi connectivity index (χ4n) is 3.33. The maximum absolute atomic E-state index is 11.0. The number of nitrogens with zero attached hydrogens (tertiary/aromatic N) is 4. The molecule has 1 aliphatic heterocycles. The van der Waals surface area contributed by atoms with Crippen molar-refractivity contribution in [3.63, 3.8) is 0 Å². The van der Waals surface area contributed by atoms with E-state index in [0.29, 0.717) is 25.6 Å². The maximum atomic E-state index is 11.0. The van der Waals surface area contributed by atoms with E-state index in [-0.39, 0.29) is 5.41 Å². The Balaban J connectivity index is 1.48. The average Bonchev–Trinajstić information content (AvgIpc) is 3.31. The van der Waals surface area contributed by atoms with Gasteiger partial charge >= 0.3 is 6.09 Å². The lowest BCUT2D eigenvalue weighted by Crippen LogP contribution is -2.43. The summed E-state index contributed by atoms with van der Waals surface area (Å²) in [4.78, 5) is 12.5. The summed E-state index contributed by atoms with van der Waals surface area (Å²) in [5.74, 6) is 1.48. The lowest BCUT2D eigenvalue weighted by atomic mass is 9.81. The maximum Gasteiger partial charge on any atom is 0.407 e. The van der Waals surface area contributed by atoms with E-state index in [2.05, 4.69) is 23.3 Å². The number of amides is 1. The van der Waals surface area contributed by atoms with Gasteiger partial charge in [0, 0.05) is 36.3 Å². The summed E-state index contributed by atoms with van der Waals surface area (Å²) < 4.78 is 8.15. The van der Waals surface area contributed by atoms with Crippen molar-refractivity contribution in [2.75, 3.05) is 19.7 Å². The molecular weight excluding hydrogens is 308 g/mol. The summed E-state index contributed by atoms with van der Waals surface area (Å²) in [6.45, 7) is 3.94. The molecule has 1 aliphatic carbocycles. The van der Waals surface area contributed by atoms with Crippen LogP contribution in [0.4, 0.5) is 4.79 Å². The highest BCUT2D eigenvalue weighted by molar-refractivity contribution is 5.65. The number of rotatable bonds is 4. The van der Waals surface area contributed by atoms with Crippen LogP contribution < -0.4 is 4.74 Å². The molecule has 7 heteroatoms. The standard InChI is InChI=1S/C17H22N4O3/c1-17(4-6-20(7-5-17)16(22)23)10-24-14-8-15-19-18-11-21(15)9-13(14)12-2-3-12/h8-9,11-12H,2-7,10H2,1H3,(H,22,23). The second-order valence-electron chi connectivity index (χ2n) is 7.33. The van der Waals surface area contributed by atoms with Crippen molar-refractivity contribution in [1.82, 2.24) is 19.5 Å². The van der Waals surface area contributed by atoms with E-state index in [9.17, 15) is 4.79 Å². The summed E-state index contributed by atoms with van der Waals surface area (Å²) in [7, 11) is 0. The highest BCUT2D eigenvalue weighted by atomic mass is 16.5. The molecule has 0 aromatic carbocycles.